The van der Waals surface area contributed by atoms with Crippen LogP contribution in [-0.4, -0.2) is 74.8 Å². The molecular weight excluding hydrogens is 412 g/mol. The molecule has 0 radical (unpaired) electrons. The van der Waals surface area contributed by atoms with Gasteiger partial charge in [-0.25, -0.2) is 19.6 Å². The van der Waals surface area contributed by atoms with Gasteiger partial charge in [0.25, 0.3) is 0 Å². The van der Waals surface area contributed by atoms with Crippen LogP contribution in [0.4, 0.5) is 21.1 Å². The van der Waals surface area contributed by atoms with Crippen LogP contribution in [0.3, 0.4) is 0 Å². The molecule has 164 valence electrons. The molecule has 11 nitrogen and oxygen atoms in total. The van der Waals surface area contributed by atoms with Crippen LogP contribution in [0, 0.1) is 11.3 Å². The van der Waals surface area contributed by atoms with Crippen molar-refractivity contribution in [3.05, 3.63) is 5.69 Å². The average Bonchev–Trinajstić information content (AvgIpc) is 2.66. The number of aliphatic hydroxyl groups is 1. The molecule has 0 aromatic carbocycles. The van der Waals surface area contributed by atoms with Crippen LogP contribution in [0.2, 0.25) is 0 Å². The number of hydrogen-bond donors (Lipinski definition) is 3. The number of thioether (sulfide) groups is 1. The average molecular weight is 439 g/mol. The smallest absolute Gasteiger partial charge is 0.412 e. The maximum absolute atomic E-state index is 12.4. The summed E-state index contributed by atoms with van der Waals surface area (Å²) < 4.78 is 5.31. The first-order valence-corrected chi connectivity index (χ1v) is 10.5. The second-order valence-corrected chi connectivity index (χ2v) is 8.35. The lowest BCUT2D eigenvalue weighted by Gasteiger charge is -2.40. The Morgan fingerprint density at radius 3 is 2.60 bits per heavy atom. The highest BCUT2D eigenvalue weighted by Crippen LogP contribution is 2.32. The van der Waals surface area contributed by atoms with Gasteiger partial charge in [-0.1, -0.05) is 11.8 Å². The van der Waals surface area contributed by atoms with E-state index in [1.807, 2.05) is 6.07 Å². The van der Waals surface area contributed by atoms with Crippen molar-refractivity contribution >= 4 is 35.5 Å². The molecule has 0 bridgehead atoms. The van der Waals surface area contributed by atoms with Crippen LogP contribution in [0.25, 0.3) is 0 Å². The zero-order valence-electron chi connectivity index (χ0n) is 17.4. The van der Waals surface area contributed by atoms with Gasteiger partial charge in [-0.2, -0.15) is 5.26 Å². The molecule has 0 saturated carbocycles. The SMILES string of the molecule is CSc1nc(CO)c(NC(=O)OC(C)(C)C)c(N2CCN(C(=O)O)[C@@H](CC#N)C2)n1. The second kappa shape index (κ2) is 9.82. The van der Waals surface area contributed by atoms with Gasteiger partial charge in [0.1, 0.15) is 11.3 Å². The number of amides is 2. The molecule has 3 N–H and O–H groups in total. The first kappa shape index (κ1) is 23.5. The Labute approximate surface area is 179 Å². The van der Waals surface area contributed by atoms with Crippen molar-refractivity contribution in [3.8, 4) is 6.07 Å². The lowest BCUT2D eigenvalue weighted by atomic mass is 10.1. The van der Waals surface area contributed by atoms with E-state index in [0.29, 0.717) is 17.5 Å². The molecule has 1 aliphatic rings. The summed E-state index contributed by atoms with van der Waals surface area (Å²) in [6.45, 7) is 5.42. The first-order chi connectivity index (χ1) is 14.1. The van der Waals surface area contributed by atoms with E-state index in [9.17, 15) is 19.8 Å². The molecule has 2 amide bonds. The molecule has 30 heavy (non-hydrogen) atoms. The fourth-order valence-corrected chi connectivity index (χ4v) is 3.40. The van der Waals surface area contributed by atoms with Gasteiger partial charge in [0.15, 0.2) is 11.0 Å². The minimum Gasteiger partial charge on any atom is -0.465 e. The molecule has 2 rings (SSSR count). The minimum atomic E-state index is -1.09. The van der Waals surface area contributed by atoms with Crippen molar-refractivity contribution in [2.75, 3.05) is 36.1 Å². The van der Waals surface area contributed by atoms with Crippen molar-refractivity contribution in [1.29, 1.82) is 5.26 Å². The Hall–Kier alpha value is -2.78. The number of piperazine rings is 1. The number of aliphatic hydroxyl groups excluding tert-OH is 1. The summed E-state index contributed by atoms with van der Waals surface area (Å²) in [5.41, 5.74) is -0.314. The number of carbonyl (C=O) groups excluding carboxylic acids is 1. The Morgan fingerprint density at radius 2 is 2.07 bits per heavy atom. The van der Waals surface area contributed by atoms with Gasteiger partial charge in [-0.05, 0) is 27.0 Å². The van der Waals surface area contributed by atoms with Crippen molar-refractivity contribution in [2.24, 2.45) is 0 Å². The third-order valence-corrected chi connectivity index (χ3v) is 4.81. The molecule has 1 aromatic heterocycles. The lowest BCUT2D eigenvalue weighted by molar-refractivity contribution is 0.0635. The van der Waals surface area contributed by atoms with Gasteiger partial charge in [0.2, 0.25) is 0 Å². The van der Waals surface area contributed by atoms with Crippen molar-refractivity contribution < 1.29 is 24.5 Å². The summed E-state index contributed by atoms with van der Waals surface area (Å²) in [6.07, 6.45) is -0.0187. The number of carboxylic acid groups (broad SMARTS) is 1. The van der Waals surface area contributed by atoms with E-state index in [1.165, 1.54) is 16.7 Å². The fourth-order valence-electron chi connectivity index (χ4n) is 3.02. The van der Waals surface area contributed by atoms with Gasteiger partial charge in [0.05, 0.1) is 30.8 Å². The largest absolute Gasteiger partial charge is 0.465 e. The van der Waals surface area contributed by atoms with Gasteiger partial charge < -0.3 is 24.7 Å². The number of rotatable bonds is 5. The Morgan fingerprint density at radius 1 is 1.37 bits per heavy atom. The van der Waals surface area contributed by atoms with Crippen molar-refractivity contribution in [2.45, 2.75) is 50.6 Å². The standard InChI is InChI=1S/C18H26N6O5S/c1-18(2,3)29-16(26)21-13-12(10-25)20-15(30-4)22-14(13)23-7-8-24(17(27)28)11(9-23)5-6-19/h11,25H,5,7-10H2,1-4H3,(H,21,26)(H,27,28)/t11-/m0/s1. The predicted octanol–water partition coefficient (Wildman–Crippen LogP) is 2.12. The molecule has 1 aromatic rings. The molecule has 1 saturated heterocycles. The molecule has 0 aliphatic carbocycles. The number of nitriles is 1. The van der Waals surface area contributed by atoms with Crippen LogP contribution in [0.1, 0.15) is 32.9 Å². The monoisotopic (exact) mass is 438 g/mol. The topological polar surface area (TPSA) is 152 Å². The zero-order valence-corrected chi connectivity index (χ0v) is 18.2. The minimum absolute atomic E-state index is 0.0188. The van der Waals surface area contributed by atoms with Gasteiger partial charge >= 0.3 is 12.2 Å². The number of aromatic nitrogens is 2. The van der Waals surface area contributed by atoms with Gasteiger partial charge in [0, 0.05) is 19.6 Å². The Balaban J connectivity index is 2.43. The molecule has 0 spiro atoms. The third kappa shape index (κ3) is 5.87. The maximum Gasteiger partial charge on any atom is 0.412 e. The lowest BCUT2D eigenvalue weighted by Crippen LogP contribution is -2.55. The summed E-state index contributed by atoms with van der Waals surface area (Å²) in [4.78, 5) is 35.6. The second-order valence-electron chi connectivity index (χ2n) is 7.58. The molecule has 0 unspecified atom stereocenters. The van der Waals surface area contributed by atoms with Crippen molar-refractivity contribution in [3.63, 3.8) is 0 Å². The quantitative estimate of drug-likeness (QED) is 0.460. The summed E-state index contributed by atoms with van der Waals surface area (Å²) in [6, 6.07) is 1.46. The van der Waals surface area contributed by atoms with Crippen LogP contribution in [0.15, 0.2) is 5.16 Å². The van der Waals surface area contributed by atoms with E-state index in [-0.39, 0.29) is 30.9 Å². The number of nitrogens with one attached hydrogen (secondary N) is 1. The summed E-state index contributed by atoms with van der Waals surface area (Å²) >= 11 is 1.27. The van der Waals surface area contributed by atoms with E-state index >= 15 is 0 Å². The van der Waals surface area contributed by atoms with Crippen LogP contribution in [-0.2, 0) is 11.3 Å². The van der Waals surface area contributed by atoms with Gasteiger partial charge in [-0.15, -0.1) is 0 Å². The highest BCUT2D eigenvalue weighted by molar-refractivity contribution is 7.98. The summed E-state index contributed by atoms with van der Waals surface area (Å²) in [5.74, 6) is 0.345. The molecule has 12 heteroatoms. The highest BCUT2D eigenvalue weighted by atomic mass is 32.2. The Bertz CT molecular complexity index is 838. The van der Waals surface area contributed by atoms with Crippen LogP contribution in [0.5, 0.6) is 0 Å². The molecular formula is C18H26N6O5S. The normalized spacial score (nSPS) is 16.7. The van der Waals surface area contributed by atoms with Gasteiger partial charge in [-0.3, -0.25) is 5.32 Å². The van der Waals surface area contributed by atoms with E-state index in [4.69, 9.17) is 10.00 Å². The van der Waals surface area contributed by atoms with E-state index < -0.39 is 30.4 Å². The van der Waals surface area contributed by atoms with Crippen molar-refractivity contribution in [1.82, 2.24) is 14.9 Å². The van der Waals surface area contributed by atoms with Crippen LogP contribution < -0.4 is 10.2 Å². The molecule has 1 atom stereocenters. The summed E-state index contributed by atoms with van der Waals surface area (Å²) in [7, 11) is 0. The molecule has 1 fully saturated rings. The first-order valence-electron chi connectivity index (χ1n) is 9.26. The number of carbonyl (C=O) groups is 2. The number of nitrogens with zero attached hydrogens (tertiary/aromatic N) is 5. The number of hydrogen-bond acceptors (Lipinski definition) is 9. The number of ether oxygens (including phenoxy) is 1. The third-order valence-electron chi connectivity index (χ3n) is 4.26. The van der Waals surface area contributed by atoms with E-state index in [1.54, 1.807) is 31.9 Å². The van der Waals surface area contributed by atoms with E-state index in [0.717, 1.165) is 0 Å². The predicted molar refractivity (Wildman–Crippen MR) is 111 cm³/mol. The highest BCUT2D eigenvalue weighted by Gasteiger charge is 2.33. The molecule has 2 heterocycles. The van der Waals surface area contributed by atoms with E-state index in [2.05, 4.69) is 15.3 Å². The summed E-state index contributed by atoms with van der Waals surface area (Å²) in [5, 5.41) is 31.3. The zero-order chi connectivity index (χ0) is 22.5. The fraction of sp³-hybridized carbons (Fsp3) is 0.611. The number of anilines is 2. The molecule has 1 aliphatic heterocycles. The maximum atomic E-state index is 12.4. The Kier molecular flexibility index (Phi) is 7.69. The van der Waals surface area contributed by atoms with Crippen LogP contribution >= 0.6 is 11.8 Å².